The van der Waals surface area contributed by atoms with Crippen LogP contribution in [0.4, 0.5) is 0 Å². The van der Waals surface area contributed by atoms with Crippen molar-refractivity contribution in [3.63, 3.8) is 0 Å². The molecule has 1 aromatic carbocycles. The smallest absolute Gasteiger partial charge is 0.244 e. The lowest BCUT2D eigenvalue weighted by molar-refractivity contribution is -0.124. The highest BCUT2D eigenvalue weighted by Gasteiger charge is 2.17. The summed E-state index contributed by atoms with van der Waals surface area (Å²) in [5, 5.41) is 7.02. The van der Waals surface area contributed by atoms with Gasteiger partial charge in [0.25, 0.3) is 0 Å². The Hall–Kier alpha value is -2.37. The molecule has 1 amide bonds. The van der Waals surface area contributed by atoms with Crippen LogP contribution in [0.3, 0.4) is 0 Å². The van der Waals surface area contributed by atoms with Crippen molar-refractivity contribution in [3.8, 4) is 5.75 Å². The number of nitrogens with one attached hydrogen (secondary N) is 1. The van der Waals surface area contributed by atoms with Crippen molar-refractivity contribution in [3.05, 3.63) is 42.5 Å². The van der Waals surface area contributed by atoms with Gasteiger partial charge in [-0.05, 0) is 58.2 Å². The van der Waals surface area contributed by atoms with Crippen LogP contribution in [0.25, 0.3) is 0 Å². The normalized spacial score (nSPS) is 13.5. The summed E-state index contributed by atoms with van der Waals surface area (Å²) in [4.78, 5) is 16.1. The molecule has 2 aromatic rings. The number of aryl methyl sites for hydroxylation is 1. The topological polar surface area (TPSA) is 69.0 Å². The van der Waals surface area contributed by atoms with E-state index in [1.54, 1.807) is 11.0 Å². The van der Waals surface area contributed by atoms with Gasteiger partial charge in [0.05, 0.1) is 6.10 Å². The number of nitrogens with zero attached hydrogens (tertiary/aromatic N) is 3. The van der Waals surface area contributed by atoms with Crippen LogP contribution in [0.15, 0.2) is 36.9 Å². The molecule has 0 saturated carbocycles. The molecule has 1 heterocycles. The Morgan fingerprint density at radius 2 is 1.92 bits per heavy atom. The molecule has 0 bridgehead atoms. The highest BCUT2D eigenvalue weighted by atomic mass is 16.5. The Bertz CT molecular complexity index is 623. The number of ether oxygens (including phenoxy) is 1. The minimum Gasteiger partial charge on any atom is -0.491 e. The van der Waals surface area contributed by atoms with E-state index >= 15 is 0 Å². The van der Waals surface area contributed by atoms with Gasteiger partial charge in [0.2, 0.25) is 5.91 Å². The van der Waals surface area contributed by atoms with E-state index in [0.717, 1.165) is 18.6 Å². The standard InChI is InChI=1S/C18H26N4O2/c1-13(2)24-17-9-7-16(8-10-17)6-5-14(3)21-18(23)15(4)22-12-19-11-20-22/h7-15H,5-6H2,1-4H3,(H,21,23). The third-order valence-corrected chi connectivity index (χ3v) is 3.76. The Morgan fingerprint density at radius 3 is 2.50 bits per heavy atom. The van der Waals surface area contributed by atoms with Crippen molar-refractivity contribution < 1.29 is 9.53 Å². The first-order valence-electron chi connectivity index (χ1n) is 8.35. The van der Waals surface area contributed by atoms with Gasteiger partial charge in [-0.1, -0.05) is 12.1 Å². The van der Waals surface area contributed by atoms with Gasteiger partial charge < -0.3 is 10.1 Å². The maximum absolute atomic E-state index is 12.2. The first-order valence-corrected chi connectivity index (χ1v) is 8.35. The first kappa shape index (κ1) is 18.0. The van der Waals surface area contributed by atoms with Gasteiger partial charge in [-0.2, -0.15) is 5.10 Å². The van der Waals surface area contributed by atoms with E-state index < -0.39 is 0 Å². The fraction of sp³-hybridized carbons (Fsp3) is 0.500. The largest absolute Gasteiger partial charge is 0.491 e. The highest BCUT2D eigenvalue weighted by Crippen LogP contribution is 2.15. The number of rotatable bonds is 8. The Kier molecular flexibility index (Phi) is 6.35. The second-order valence-electron chi connectivity index (χ2n) is 6.31. The molecule has 0 aliphatic rings. The van der Waals surface area contributed by atoms with Crippen molar-refractivity contribution >= 4 is 5.91 Å². The van der Waals surface area contributed by atoms with E-state index in [4.69, 9.17) is 4.74 Å². The highest BCUT2D eigenvalue weighted by molar-refractivity contribution is 5.79. The predicted octanol–water partition coefficient (Wildman–Crippen LogP) is 2.76. The Labute approximate surface area is 143 Å². The average molecular weight is 330 g/mol. The van der Waals surface area contributed by atoms with E-state index in [2.05, 4.69) is 27.5 Å². The summed E-state index contributed by atoms with van der Waals surface area (Å²) in [6.45, 7) is 7.85. The summed E-state index contributed by atoms with van der Waals surface area (Å²) in [6.07, 6.45) is 4.94. The second kappa shape index (κ2) is 8.47. The fourth-order valence-corrected chi connectivity index (χ4v) is 2.36. The second-order valence-corrected chi connectivity index (χ2v) is 6.31. The van der Waals surface area contributed by atoms with E-state index in [-0.39, 0.29) is 24.1 Å². The molecule has 0 radical (unpaired) electrons. The van der Waals surface area contributed by atoms with Crippen LogP contribution in [0.1, 0.15) is 45.7 Å². The lowest BCUT2D eigenvalue weighted by atomic mass is 10.1. The molecule has 1 N–H and O–H groups in total. The van der Waals surface area contributed by atoms with Crippen LogP contribution in [0, 0.1) is 0 Å². The molecule has 24 heavy (non-hydrogen) atoms. The van der Waals surface area contributed by atoms with Crippen molar-refractivity contribution in [2.45, 2.75) is 58.7 Å². The molecule has 0 saturated heterocycles. The number of hydrogen-bond acceptors (Lipinski definition) is 4. The third kappa shape index (κ3) is 5.37. The molecule has 0 aliphatic carbocycles. The third-order valence-electron chi connectivity index (χ3n) is 3.76. The van der Waals surface area contributed by atoms with Crippen molar-refractivity contribution in [1.29, 1.82) is 0 Å². The zero-order chi connectivity index (χ0) is 17.5. The monoisotopic (exact) mass is 330 g/mol. The van der Waals surface area contributed by atoms with Gasteiger partial charge in [-0.15, -0.1) is 0 Å². The number of carbonyl (C=O) groups excluding carboxylic acids is 1. The predicted molar refractivity (Wildman–Crippen MR) is 92.9 cm³/mol. The summed E-state index contributed by atoms with van der Waals surface area (Å²) in [6, 6.07) is 7.86. The lowest BCUT2D eigenvalue weighted by Crippen LogP contribution is -2.37. The molecule has 6 heteroatoms. The minimum absolute atomic E-state index is 0.0475. The van der Waals surface area contributed by atoms with E-state index in [1.165, 1.54) is 11.9 Å². The fourth-order valence-electron chi connectivity index (χ4n) is 2.36. The summed E-state index contributed by atoms with van der Waals surface area (Å²) in [5.41, 5.74) is 1.23. The van der Waals surface area contributed by atoms with E-state index in [0.29, 0.717) is 0 Å². The van der Waals surface area contributed by atoms with Crippen LogP contribution < -0.4 is 10.1 Å². The van der Waals surface area contributed by atoms with Gasteiger partial charge in [0.15, 0.2) is 0 Å². The zero-order valence-corrected chi connectivity index (χ0v) is 14.8. The maximum atomic E-state index is 12.2. The minimum atomic E-state index is -0.359. The summed E-state index contributed by atoms with van der Waals surface area (Å²) in [5.74, 6) is 0.838. The SMILES string of the molecule is CC(CCc1ccc(OC(C)C)cc1)NC(=O)C(C)n1cncn1. The van der Waals surface area contributed by atoms with Gasteiger partial charge in [0, 0.05) is 6.04 Å². The van der Waals surface area contributed by atoms with Gasteiger partial charge in [-0.3, -0.25) is 4.79 Å². The van der Waals surface area contributed by atoms with Gasteiger partial charge >= 0.3 is 0 Å². The number of benzene rings is 1. The summed E-state index contributed by atoms with van der Waals surface area (Å²) >= 11 is 0. The molecule has 130 valence electrons. The number of hydrogen-bond donors (Lipinski definition) is 1. The Balaban J connectivity index is 1.78. The molecular formula is C18H26N4O2. The first-order chi connectivity index (χ1) is 11.5. The maximum Gasteiger partial charge on any atom is 0.244 e. The molecule has 1 aromatic heterocycles. The number of amides is 1. The number of carbonyl (C=O) groups is 1. The van der Waals surface area contributed by atoms with Gasteiger partial charge in [0.1, 0.15) is 24.4 Å². The average Bonchev–Trinajstić information content (AvgIpc) is 3.07. The van der Waals surface area contributed by atoms with Crippen molar-refractivity contribution in [2.75, 3.05) is 0 Å². The van der Waals surface area contributed by atoms with E-state index in [1.807, 2.05) is 39.8 Å². The van der Waals surface area contributed by atoms with Crippen molar-refractivity contribution in [2.24, 2.45) is 0 Å². The van der Waals surface area contributed by atoms with Crippen LogP contribution in [0.2, 0.25) is 0 Å². The molecule has 0 spiro atoms. The molecule has 2 atom stereocenters. The van der Waals surface area contributed by atoms with E-state index in [9.17, 15) is 4.79 Å². The molecule has 2 unspecified atom stereocenters. The lowest BCUT2D eigenvalue weighted by Gasteiger charge is -2.17. The molecule has 0 aliphatic heterocycles. The molecule has 6 nitrogen and oxygen atoms in total. The Morgan fingerprint density at radius 1 is 1.21 bits per heavy atom. The van der Waals surface area contributed by atoms with Crippen LogP contribution >= 0.6 is 0 Å². The van der Waals surface area contributed by atoms with Crippen molar-refractivity contribution in [1.82, 2.24) is 20.1 Å². The quantitative estimate of drug-likeness (QED) is 0.808. The zero-order valence-electron chi connectivity index (χ0n) is 14.8. The summed E-state index contributed by atoms with van der Waals surface area (Å²) in [7, 11) is 0. The molecule has 0 fully saturated rings. The van der Waals surface area contributed by atoms with Crippen LogP contribution in [-0.4, -0.2) is 32.8 Å². The van der Waals surface area contributed by atoms with Crippen LogP contribution in [0.5, 0.6) is 5.75 Å². The molecular weight excluding hydrogens is 304 g/mol. The number of aromatic nitrogens is 3. The molecule has 2 rings (SSSR count). The van der Waals surface area contributed by atoms with Gasteiger partial charge in [-0.25, -0.2) is 9.67 Å². The summed E-state index contributed by atoms with van der Waals surface area (Å²) < 4.78 is 7.19. The van der Waals surface area contributed by atoms with Crippen LogP contribution in [-0.2, 0) is 11.2 Å².